The molecule has 1 atom stereocenters. The van der Waals surface area contributed by atoms with E-state index in [0.717, 1.165) is 32.4 Å². The summed E-state index contributed by atoms with van der Waals surface area (Å²) in [5.74, 6) is -2.22. The van der Waals surface area contributed by atoms with Gasteiger partial charge in [0.25, 0.3) is 0 Å². The maximum atomic E-state index is 11.3. The van der Waals surface area contributed by atoms with Crippen LogP contribution >= 0.6 is 11.3 Å². The lowest BCUT2D eigenvalue weighted by molar-refractivity contribution is -0.139. The minimum atomic E-state index is -1.13. The quantitative estimate of drug-likeness (QED) is 0.316. The summed E-state index contributed by atoms with van der Waals surface area (Å²) in [5.41, 5.74) is 3.57. The van der Waals surface area contributed by atoms with Gasteiger partial charge in [0.1, 0.15) is 10.9 Å². The molecule has 7 heteroatoms. The van der Waals surface area contributed by atoms with Crippen LogP contribution in [0.15, 0.2) is 72.9 Å². The van der Waals surface area contributed by atoms with E-state index in [4.69, 9.17) is 17.1 Å². The molecular formula is C26H18N4O2S. The summed E-state index contributed by atoms with van der Waals surface area (Å²) in [6, 6.07) is 23.0. The SMILES string of the molecule is [C-]#[N+]C=Cc1ccc(N(c2ccc(C=CC#N)cc2)c2ccc(CC(C#N)C(=O)O)s2)cc1. The number of anilines is 3. The van der Waals surface area contributed by atoms with Crippen molar-refractivity contribution in [1.29, 1.82) is 10.5 Å². The van der Waals surface area contributed by atoms with E-state index in [1.165, 1.54) is 23.6 Å². The van der Waals surface area contributed by atoms with Crippen LogP contribution < -0.4 is 4.90 Å². The maximum absolute atomic E-state index is 11.3. The zero-order valence-corrected chi connectivity index (χ0v) is 18.2. The van der Waals surface area contributed by atoms with Crippen molar-refractivity contribution in [2.24, 2.45) is 5.92 Å². The Bertz CT molecular complexity index is 1230. The van der Waals surface area contributed by atoms with Crippen LogP contribution in [-0.2, 0) is 11.2 Å². The molecule has 33 heavy (non-hydrogen) atoms. The van der Waals surface area contributed by atoms with E-state index in [1.54, 1.807) is 12.2 Å². The van der Waals surface area contributed by atoms with Crippen LogP contribution in [0.2, 0.25) is 0 Å². The fourth-order valence-corrected chi connectivity index (χ4v) is 4.21. The van der Waals surface area contributed by atoms with Gasteiger partial charge in [0.2, 0.25) is 0 Å². The van der Waals surface area contributed by atoms with Crippen molar-refractivity contribution in [3.05, 3.63) is 100 Å². The van der Waals surface area contributed by atoms with E-state index < -0.39 is 11.9 Å². The minimum absolute atomic E-state index is 0.141. The Kier molecular flexibility index (Phi) is 7.76. The molecule has 0 aliphatic rings. The predicted molar refractivity (Wildman–Crippen MR) is 130 cm³/mol. The van der Waals surface area contributed by atoms with E-state index in [2.05, 4.69) is 4.85 Å². The molecule has 0 bridgehead atoms. The number of carboxylic acid groups (broad SMARTS) is 1. The summed E-state index contributed by atoms with van der Waals surface area (Å²) < 4.78 is 0. The lowest BCUT2D eigenvalue weighted by atomic mass is 10.1. The highest BCUT2D eigenvalue weighted by molar-refractivity contribution is 7.16. The monoisotopic (exact) mass is 450 g/mol. The zero-order chi connectivity index (χ0) is 23.6. The number of nitriles is 2. The molecule has 0 spiro atoms. The Labute approximate surface area is 196 Å². The number of nitrogens with zero attached hydrogens (tertiary/aromatic N) is 4. The standard InChI is InChI=1S/C26H18N4O2S/c1-29-16-14-20-6-10-23(11-7-20)30(22-8-4-19(5-9-22)3-2-15-27)25-13-12-24(33-25)17-21(18-28)26(31)32/h2-14,16,21H,17H2,(H,31,32). The normalized spacial score (nSPS) is 11.5. The third-order valence-corrected chi connectivity index (χ3v) is 5.81. The number of rotatable bonds is 8. The second kappa shape index (κ2) is 11.1. The molecule has 0 radical (unpaired) electrons. The molecule has 3 aromatic rings. The van der Waals surface area contributed by atoms with Gasteiger partial charge < -0.3 is 10.0 Å². The number of carbonyl (C=O) groups is 1. The van der Waals surface area contributed by atoms with Gasteiger partial charge in [-0.25, -0.2) is 4.85 Å². The van der Waals surface area contributed by atoms with Crippen LogP contribution in [-0.4, -0.2) is 11.1 Å². The Morgan fingerprint density at radius 3 is 2.15 bits per heavy atom. The average Bonchev–Trinajstić information content (AvgIpc) is 3.29. The number of allylic oxidation sites excluding steroid dienone is 1. The molecule has 1 N–H and O–H groups in total. The second-order valence-corrected chi connectivity index (χ2v) is 8.04. The summed E-state index contributed by atoms with van der Waals surface area (Å²) in [4.78, 5) is 17.3. The van der Waals surface area contributed by atoms with Gasteiger partial charge in [-0.2, -0.15) is 10.5 Å². The minimum Gasteiger partial charge on any atom is -0.480 e. The maximum Gasteiger partial charge on any atom is 0.321 e. The zero-order valence-electron chi connectivity index (χ0n) is 17.4. The summed E-state index contributed by atoms with van der Waals surface area (Å²) >= 11 is 1.43. The summed E-state index contributed by atoms with van der Waals surface area (Å²) in [5, 5.41) is 27.9. The number of carboxylic acids is 1. The van der Waals surface area contributed by atoms with Crippen molar-refractivity contribution < 1.29 is 9.90 Å². The lowest BCUT2D eigenvalue weighted by Gasteiger charge is -2.24. The molecule has 1 heterocycles. The van der Waals surface area contributed by atoms with Gasteiger partial charge in [-0.15, -0.1) is 11.3 Å². The van der Waals surface area contributed by atoms with Gasteiger partial charge >= 0.3 is 5.97 Å². The van der Waals surface area contributed by atoms with Crippen molar-refractivity contribution in [2.75, 3.05) is 4.90 Å². The molecule has 0 aliphatic carbocycles. The van der Waals surface area contributed by atoms with Crippen LogP contribution in [0.4, 0.5) is 16.4 Å². The number of thiophene rings is 1. The van der Waals surface area contributed by atoms with E-state index in [1.807, 2.05) is 77.7 Å². The first-order valence-electron chi connectivity index (χ1n) is 9.86. The number of hydrogen-bond acceptors (Lipinski definition) is 5. The smallest absolute Gasteiger partial charge is 0.321 e. The molecule has 3 rings (SSSR count). The van der Waals surface area contributed by atoms with Gasteiger partial charge in [-0.05, 0) is 53.6 Å². The molecule has 0 fully saturated rings. The van der Waals surface area contributed by atoms with Crippen LogP contribution in [0.25, 0.3) is 17.0 Å². The molecule has 1 aromatic heterocycles. The van der Waals surface area contributed by atoms with E-state index >= 15 is 0 Å². The van der Waals surface area contributed by atoms with Crippen molar-refractivity contribution >= 4 is 45.8 Å². The van der Waals surface area contributed by atoms with Gasteiger partial charge in [-0.1, -0.05) is 30.3 Å². The highest BCUT2D eigenvalue weighted by Crippen LogP contribution is 2.39. The molecule has 0 aliphatic heterocycles. The first-order chi connectivity index (χ1) is 16.0. The van der Waals surface area contributed by atoms with Crippen LogP contribution in [0.5, 0.6) is 0 Å². The third-order valence-electron chi connectivity index (χ3n) is 4.72. The Hall–Kier alpha value is -4.64. The van der Waals surface area contributed by atoms with Gasteiger partial charge in [0.15, 0.2) is 6.20 Å². The van der Waals surface area contributed by atoms with Crippen LogP contribution in [0, 0.1) is 35.2 Å². The van der Waals surface area contributed by atoms with E-state index in [9.17, 15) is 9.90 Å². The first kappa shape index (κ1) is 23.0. The summed E-state index contributed by atoms with van der Waals surface area (Å²) in [7, 11) is 0. The van der Waals surface area contributed by atoms with Gasteiger partial charge in [0, 0.05) is 28.7 Å². The van der Waals surface area contributed by atoms with Crippen molar-refractivity contribution in [1.82, 2.24) is 0 Å². The molecule has 0 amide bonds. The molecule has 2 aromatic carbocycles. The molecule has 0 saturated carbocycles. The Balaban J connectivity index is 1.99. The largest absolute Gasteiger partial charge is 0.480 e. The number of hydrogen-bond donors (Lipinski definition) is 1. The van der Waals surface area contributed by atoms with Crippen LogP contribution in [0.3, 0.4) is 0 Å². The topological polar surface area (TPSA) is 92.5 Å². The highest BCUT2D eigenvalue weighted by atomic mass is 32.1. The van der Waals surface area contributed by atoms with E-state index in [0.29, 0.717) is 0 Å². The van der Waals surface area contributed by atoms with E-state index in [-0.39, 0.29) is 6.42 Å². The average molecular weight is 451 g/mol. The van der Waals surface area contributed by atoms with Crippen LogP contribution in [0.1, 0.15) is 16.0 Å². The summed E-state index contributed by atoms with van der Waals surface area (Å²) in [6.07, 6.45) is 6.42. The van der Waals surface area contributed by atoms with Gasteiger partial charge in [-0.3, -0.25) is 4.79 Å². The van der Waals surface area contributed by atoms with Crippen molar-refractivity contribution in [3.8, 4) is 12.1 Å². The molecule has 1 unspecified atom stereocenters. The first-order valence-corrected chi connectivity index (χ1v) is 10.7. The molecule has 0 saturated heterocycles. The van der Waals surface area contributed by atoms with Crippen molar-refractivity contribution in [3.63, 3.8) is 0 Å². The summed E-state index contributed by atoms with van der Waals surface area (Å²) in [6.45, 7) is 6.89. The molecule has 6 nitrogen and oxygen atoms in total. The van der Waals surface area contributed by atoms with Gasteiger partial charge in [0.05, 0.1) is 18.7 Å². The fourth-order valence-electron chi connectivity index (χ4n) is 3.12. The Morgan fingerprint density at radius 1 is 1.03 bits per heavy atom. The number of aliphatic carboxylic acids is 1. The predicted octanol–water partition coefficient (Wildman–Crippen LogP) is 6.41. The molecular weight excluding hydrogens is 432 g/mol. The number of benzene rings is 2. The Morgan fingerprint density at radius 2 is 1.64 bits per heavy atom. The lowest BCUT2D eigenvalue weighted by Crippen LogP contribution is -2.13. The third kappa shape index (κ3) is 5.95. The van der Waals surface area contributed by atoms with Crippen molar-refractivity contribution in [2.45, 2.75) is 6.42 Å². The highest BCUT2D eigenvalue weighted by Gasteiger charge is 2.20. The fraction of sp³-hybridized carbons (Fsp3) is 0.0769. The molecule has 160 valence electrons. The second-order valence-electron chi connectivity index (χ2n) is 6.89.